The van der Waals surface area contributed by atoms with Crippen molar-refractivity contribution in [3.8, 4) is 22.3 Å². The van der Waals surface area contributed by atoms with Crippen molar-refractivity contribution < 1.29 is 4.42 Å². The van der Waals surface area contributed by atoms with Crippen LogP contribution in [0.15, 0.2) is 180 Å². The fourth-order valence-electron chi connectivity index (χ4n) is 6.78. The number of anilines is 3. The number of nitrogens with zero attached hydrogens (tertiary/aromatic N) is 1. The first-order chi connectivity index (χ1) is 22.8. The monoisotopic (exact) mass is 587 g/mol. The van der Waals surface area contributed by atoms with Crippen LogP contribution in [0, 0.1) is 0 Å². The highest BCUT2D eigenvalue weighted by atomic mass is 16.3. The molecular formula is C44H29NO. The Balaban J connectivity index is 1.23. The van der Waals surface area contributed by atoms with Gasteiger partial charge < -0.3 is 9.32 Å². The second-order valence-corrected chi connectivity index (χ2v) is 11.8. The standard InChI is InChI=1S/C44H29NO/c1-3-11-30(12-4-1)32-19-22-35(23-20-32)45(36-24-21-31-13-7-8-16-34(31)27-36)37-25-26-39-42-29-41(33-14-5-2-6-15-33)38-17-9-10-18-40(38)44(42)46-43(39)28-37/h1-29H. The van der Waals surface area contributed by atoms with Gasteiger partial charge in [0.05, 0.1) is 0 Å². The minimum absolute atomic E-state index is 0.870. The van der Waals surface area contributed by atoms with Crippen LogP contribution in [-0.2, 0) is 0 Å². The molecule has 0 radical (unpaired) electrons. The molecule has 0 saturated heterocycles. The summed E-state index contributed by atoms with van der Waals surface area (Å²) in [6, 6.07) is 62.6. The van der Waals surface area contributed by atoms with Crippen LogP contribution >= 0.6 is 0 Å². The lowest BCUT2D eigenvalue weighted by Crippen LogP contribution is -2.09. The van der Waals surface area contributed by atoms with Gasteiger partial charge in [0, 0.05) is 39.3 Å². The first kappa shape index (κ1) is 26.3. The molecule has 2 heteroatoms. The molecule has 0 spiro atoms. The maximum absolute atomic E-state index is 6.74. The molecule has 216 valence electrons. The van der Waals surface area contributed by atoms with Gasteiger partial charge in [-0.25, -0.2) is 0 Å². The van der Waals surface area contributed by atoms with Crippen LogP contribution in [0.3, 0.4) is 0 Å². The van der Waals surface area contributed by atoms with Gasteiger partial charge in [-0.3, -0.25) is 0 Å². The molecule has 0 unspecified atom stereocenters. The molecule has 0 aliphatic rings. The van der Waals surface area contributed by atoms with E-state index in [1.54, 1.807) is 0 Å². The van der Waals surface area contributed by atoms with Gasteiger partial charge in [-0.15, -0.1) is 0 Å². The third-order valence-corrected chi connectivity index (χ3v) is 9.03. The van der Waals surface area contributed by atoms with Crippen molar-refractivity contribution in [1.82, 2.24) is 0 Å². The topological polar surface area (TPSA) is 16.4 Å². The summed E-state index contributed by atoms with van der Waals surface area (Å²) in [5.74, 6) is 0. The molecule has 1 heterocycles. The third kappa shape index (κ3) is 4.43. The van der Waals surface area contributed by atoms with E-state index in [4.69, 9.17) is 4.42 Å². The summed E-state index contributed by atoms with van der Waals surface area (Å²) >= 11 is 0. The van der Waals surface area contributed by atoms with E-state index in [1.165, 1.54) is 38.4 Å². The molecule has 0 aliphatic carbocycles. The van der Waals surface area contributed by atoms with Crippen LogP contribution in [-0.4, -0.2) is 0 Å². The van der Waals surface area contributed by atoms with Crippen molar-refractivity contribution in [3.63, 3.8) is 0 Å². The van der Waals surface area contributed by atoms with Gasteiger partial charge in [0.1, 0.15) is 11.2 Å². The third-order valence-electron chi connectivity index (χ3n) is 9.03. The Kier molecular flexibility index (Phi) is 6.17. The van der Waals surface area contributed by atoms with Gasteiger partial charge in [-0.1, -0.05) is 127 Å². The van der Waals surface area contributed by atoms with Crippen molar-refractivity contribution in [2.24, 2.45) is 0 Å². The summed E-state index contributed by atoms with van der Waals surface area (Å²) in [6.45, 7) is 0. The molecule has 2 nitrogen and oxygen atoms in total. The minimum atomic E-state index is 0.870. The second-order valence-electron chi connectivity index (χ2n) is 11.8. The molecule has 0 atom stereocenters. The molecule has 0 bridgehead atoms. The molecule has 46 heavy (non-hydrogen) atoms. The maximum Gasteiger partial charge on any atom is 0.143 e. The van der Waals surface area contributed by atoms with Gasteiger partial charge in [0.25, 0.3) is 0 Å². The van der Waals surface area contributed by atoms with Gasteiger partial charge in [0.15, 0.2) is 0 Å². The molecule has 0 saturated carbocycles. The lowest BCUT2D eigenvalue weighted by Gasteiger charge is -2.26. The number of hydrogen-bond donors (Lipinski definition) is 0. The lowest BCUT2D eigenvalue weighted by molar-refractivity contribution is 0.673. The number of rotatable bonds is 5. The number of fused-ring (bicyclic) bond motifs is 6. The Morgan fingerprint density at radius 3 is 1.72 bits per heavy atom. The first-order valence-electron chi connectivity index (χ1n) is 15.7. The van der Waals surface area contributed by atoms with E-state index in [0.717, 1.165) is 44.4 Å². The molecule has 0 fully saturated rings. The summed E-state index contributed by atoms with van der Waals surface area (Å²) in [5, 5.41) is 6.98. The second kappa shape index (κ2) is 10.8. The normalized spacial score (nSPS) is 11.5. The zero-order chi connectivity index (χ0) is 30.5. The van der Waals surface area contributed by atoms with E-state index < -0.39 is 0 Å². The highest BCUT2D eigenvalue weighted by molar-refractivity contribution is 6.19. The van der Waals surface area contributed by atoms with Crippen LogP contribution in [0.5, 0.6) is 0 Å². The summed E-state index contributed by atoms with van der Waals surface area (Å²) in [6.07, 6.45) is 0. The number of furan rings is 1. The van der Waals surface area contributed by atoms with Crippen molar-refractivity contribution in [2.45, 2.75) is 0 Å². The van der Waals surface area contributed by atoms with E-state index in [9.17, 15) is 0 Å². The molecule has 9 aromatic rings. The molecular weight excluding hydrogens is 558 g/mol. The zero-order valence-electron chi connectivity index (χ0n) is 25.1. The Morgan fingerprint density at radius 2 is 0.935 bits per heavy atom. The first-order valence-corrected chi connectivity index (χ1v) is 15.7. The largest absolute Gasteiger partial charge is 0.455 e. The van der Waals surface area contributed by atoms with Gasteiger partial charge >= 0.3 is 0 Å². The number of benzene rings is 8. The molecule has 8 aromatic carbocycles. The average Bonchev–Trinajstić information content (AvgIpc) is 3.50. The highest BCUT2D eigenvalue weighted by Crippen LogP contribution is 2.43. The van der Waals surface area contributed by atoms with Gasteiger partial charge in [-0.05, 0) is 80.9 Å². The van der Waals surface area contributed by atoms with E-state index in [2.05, 4.69) is 181 Å². The predicted molar refractivity (Wildman–Crippen MR) is 194 cm³/mol. The van der Waals surface area contributed by atoms with Crippen molar-refractivity contribution in [1.29, 1.82) is 0 Å². The Labute approximate surface area is 267 Å². The van der Waals surface area contributed by atoms with Crippen LogP contribution in [0.2, 0.25) is 0 Å². The summed E-state index contributed by atoms with van der Waals surface area (Å²) in [7, 11) is 0. The Hall–Kier alpha value is -6.12. The lowest BCUT2D eigenvalue weighted by atomic mass is 9.95. The fourth-order valence-corrected chi connectivity index (χ4v) is 6.78. The van der Waals surface area contributed by atoms with Crippen LogP contribution < -0.4 is 4.90 Å². The molecule has 9 rings (SSSR count). The minimum Gasteiger partial charge on any atom is -0.455 e. The molecule has 1 aromatic heterocycles. The predicted octanol–water partition coefficient (Wildman–Crippen LogP) is 12.7. The van der Waals surface area contributed by atoms with Gasteiger partial charge in [-0.2, -0.15) is 0 Å². The Bertz CT molecular complexity index is 2510. The summed E-state index contributed by atoms with van der Waals surface area (Å²) in [4.78, 5) is 2.32. The van der Waals surface area contributed by atoms with Gasteiger partial charge in [0.2, 0.25) is 0 Å². The molecule has 0 aliphatic heterocycles. The maximum atomic E-state index is 6.74. The van der Waals surface area contributed by atoms with E-state index in [-0.39, 0.29) is 0 Å². The quantitative estimate of drug-likeness (QED) is 0.199. The Morgan fingerprint density at radius 1 is 0.348 bits per heavy atom. The van der Waals surface area contributed by atoms with Crippen LogP contribution in [0.1, 0.15) is 0 Å². The smallest absolute Gasteiger partial charge is 0.143 e. The van der Waals surface area contributed by atoms with E-state index in [1.807, 2.05) is 0 Å². The summed E-state index contributed by atoms with van der Waals surface area (Å²) in [5.41, 5.74) is 9.83. The SMILES string of the molecule is c1ccc(-c2ccc(N(c3ccc4ccccc4c3)c3ccc4c(c3)oc3c5ccccc5c(-c5ccccc5)cc43)cc2)cc1. The summed E-state index contributed by atoms with van der Waals surface area (Å²) < 4.78 is 6.74. The van der Waals surface area contributed by atoms with E-state index in [0.29, 0.717) is 0 Å². The highest BCUT2D eigenvalue weighted by Gasteiger charge is 2.18. The van der Waals surface area contributed by atoms with Crippen molar-refractivity contribution in [2.75, 3.05) is 4.90 Å². The molecule has 0 amide bonds. The number of hydrogen-bond acceptors (Lipinski definition) is 2. The molecule has 0 N–H and O–H groups in total. The van der Waals surface area contributed by atoms with E-state index >= 15 is 0 Å². The zero-order valence-corrected chi connectivity index (χ0v) is 25.1. The van der Waals surface area contributed by atoms with Crippen molar-refractivity contribution >= 4 is 60.5 Å². The van der Waals surface area contributed by atoms with Crippen LogP contribution in [0.4, 0.5) is 17.1 Å². The average molecular weight is 588 g/mol. The van der Waals surface area contributed by atoms with Crippen molar-refractivity contribution in [3.05, 3.63) is 176 Å². The fraction of sp³-hybridized carbons (Fsp3) is 0. The van der Waals surface area contributed by atoms with Crippen LogP contribution in [0.25, 0.3) is 65.7 Å².